The van der Waals surface area contributed by atoms with Crippen molar-refractivity contribution >= 4 is 27.8 Å². The minimum absolute atomic E-state index is 0.0393. The molecule has 96 valence electrons. The first-order valence-corrected chi connectivity index (χ1v) is 5.74. The molecular weight excluding hydrogens is 297 g/mol. The van der Waals surface area contributed by atoms with Gasteiger partial charge in [0.15, 0.2) is 0 Å². The molecule has 0 aliphatic carbocycles. The Morgan fingerprint density at radius 1 is 1.35 bits per heavy atom. The Morgan fingerprint density at radius 3 is 2.18 bits per heavy atom. The molecule has 0 saturated heterocycles. The zero-order valence-corrected chi connectivity index (χ0v) is 11.3. The molecule has 1 rings (SSSR count). The lowest BCUT2D eigenvalue weighted by molar-refractivity contribution is -0.138. The van der Waals surface area contributed by atoms with Crippen molar-refractivity contribution in [3.8, 4) is 0 Å². The number of rotatable bonds is 1. The van der Waals surface area contributed by atoms with Gasteiger partial charge < -0.3 is 11.1 Å². The van der Waals surface area contributed by atoms with Crippen LogP contribution in [0.3, 0.4) is 0 Å². The van der Waals surface area contributed by atoms with Crippen molar-refractivity contribution in [2.24, 2.45) is 0 Å². The number of alkyl halides is 3. The minimum Gasteiger partial charge on any atom is -0.398 e. The van der Waals surface area contributed by atoms with Crippen LogP contribution >= 0.6 is 15.9 Å². The highest BCUT2D eigenvalue weighted by Crippen LogP contribution is 2.40. The molecule has 1 aromatic carbocycles. The Balaban J connectivity index is 0.00000121. The topological polar surface area (TPSA) is 49.9 Å². The highest BCUT2D eigenvalue weighted by Gasteiger charge is 2.36. The molecule has 0 spiro atoms. The molecule has 3 N–H and O–H groups in total. The quantitative estimate of drug-likeness (QED) is 0.587. The molecule has 1 aromatic rings. The Morgan fingerprint density at radius 2 is 1.82 bits per heavy atom. The smallest absolute Gasteiger partial charge is 0.398 e. The van der Waals surface area contributed by atoms with E-state index in [4.69, 9.17) is 11.1 Å². The Labute approximate surface area is 107 Å². The third-order valence-electron chi connectivity index (χ3n) is 1.96. The normalized spacial score (nSPS) is 10.5. The molecular formula is C11H14BrF3N2. The molecule has 0 atom stereocenters. The Hall–Kier alpha value is -1.04. The van der Waals surface area contributed by atoms with Gasteiger partial charge >= 0.3 is 6.18 Å². The third kappa shape index (κ3) is 3.46. The van der Waals surface area contributed by atoms with Crippen LogP contribution in [0.1, 0.15) is 30.5 Å². The average molecular weight is 311 g/mol. The molecule has 0 saturated carbocycles. The van der Waals surface area contributed by atoms with E-state index < -0.39 is 11.7 Å². The van der Waals surface area contributed by atoms with Crippen molar-refractivity contribution < 1.29 is 13.2 Å². The number of aryl methyl sites for hydroxylation is 1. The van der Waals surface area contributed by atoms with Crippen LogP contribution in [0.4, 0.5) is 18.9 Å². The Kier molecular flexibility index (Phi) is 5.68. The summed E-state index contributed by atoms with van der Waals surface area (Å²) in [6, 6.07) is 1.22. The molecule has 0 aliphatic heterocycles. The SMILES string of the molecule is CC.Cc1cc(N)c(C=N)c(Br)c1C(F)(F)F. The summed E-state index contributed by atoms with van der Waals surface area (Å²) in [5.74, 6) is 0. The number of anilines is 1. The van der Waals surface area contributed by atoms with Crippen molar-refractivity contribution in [3.05, 3.63) is 27.2 Å². The first-order valence-electron chi connectivity index (χ1n) is 4.95. The van der Waals surface area contributed by atoms with Gasteiger partial charge in [-0.2, -0.15) is 13.2 Å². The number of halogens is 4. The predicted octanol–water partition coefficient (Wildman–Crippen LogP) is 4.38. The van der Waals surface area contributed by atoms with Crippen LogP contribution in [0, 0.1) is 12.3 Å². The summed E-state index contributed by atoms with van der Waals surface area (Å²) < 4.78 is 37.7. The van der Waals surface area contributed by atoms with Gasteiger partial charge in [0, 0.05) is 21.9 Å². The maximum absolute atomic E-state index is 12.6. The predicted molar refractivity (Wildman–Crippen MR) is 67.5 cm³/mol. The first-order chi connectivity index (χ1) is 7.79. The lowest BCUT2D eigenvalue weighted by Gasteiger charge is -2.15. The van der Waals surface area contributed by atoms with Crippen LogP contribution in [0.25, 0.3) is 0 Å². The second kappa shape index (κ2) is 6.05. The lowest BCUT2D eigenvalue weighted by Crippen LogP contribution is -2.11. The van der Waals surface area contributed by atoms with Crippen molar-refractivity contribution in [2.75, 3.05) is 5.73 Å². The van der Waals surface area contributed by atoms with Gasteiger partial charge in [-0.05, 0) is 34.5 Å². The number of hydrogen-bond donors (Lipinski definition) is 2. The number of hydrogen-bond acceptors (Lipinski definition) is 2. The first kappa shape index (κ1) is 16.0. The summed E-state index contributed by atoms with van der Waals surface area (Å²) in [6.07, 6.45) is -3.65. The zero-order valence-electron chi connectivity index (χ0n) is 9.74. The van der Waals surface area contributed by atoms with Crippen LogP contribution in [-0.2, 0) is 6.18 Å². The van der Waals surface area contributed by atoms with E-state index in [1.165, 1.54) is 13.0 Å². The van der Waals surface area contributed by atoms with Crippen molar-refractivity contribution in [3.63, 3.8) is 0 Å². The van der Waals surface area contributed by atoms with Crippen LogP contribution in [0.2, 0.25) is 0 Å². The summed E-state index contributed by atoms with van der Waals surface area (Å²) in [7, 11) is 0. The van der Waals surface area contributed by atoms with Crippen LogP contribution in [0.5, 0.6) is 0 Å². The molecule has 0 amide bonds. The molecule has 0 bridgehead atoms. The van der Waals surface area contributed by atoms with Gasteiger partial charge in [0.25, 0.3) is 0 Å². The molecule has 0 heterocycles. The van der Waals surface area contributed by atoms with Crippen molar-refractivity contribution in [2.45, 2.75) is 26.9 Å². The maximum atomic E-state index is 12.6. The summed E-state index contributed by atoms with van der Waals surface area (Å²) in [4.78, 5) is 0. The largest absolute Gasteiger partial charge is 0.417 e. The minimum atomic E-state index is -4.45. The van der Waals surface area contributed by atoms with Crippen LogP contribution < -0.4 is 5.73 Å². The molecule has 0 aromatic heterocycles. The highest BCUT2D eigenvalue weighted by molar-refractivity contribution is 9.10. The van der Waals surface area contributed by atoms with Gasteiger partial charge in [0.1, 0.15) is 0 Å². The monoisotopic (exact) mass is 310 g/mol. The number of nitrogens with one attached hydrogen (secondary N) is 1. The molecule has 0 unspecified atom stereocenters. The highest BCUT2D eigenvalue weighted by atomic mass is 79.9. The molecule has 0 fully saturated rings. The summed E-state index contributed by atoms with van der Waals surface area (Å²) in [5.41, 5.74) is 4.96. The molecule has 0 aliphatic rings. The second-order valence-electron chi connectivity index (χ2n) is 3.03. The van der Waals surface area contributed by atoms with E-state index in [0.717, 1.165) is 6.21 Å². The van der Waals surface area contributed by atoms with E-state index in [1.54, 1.807) is 0 Å². The van der Waals surface area contributed by atoms with Gasteiger partial charge in [0.2, 0.25) is 0 Å². The Bertz CT molecular complexity index is 414. The van der Waals surface area contributed by atoms with Gasteiger partial charge in [-0.3, -0.25) is 0 Å². The second-order valence-corrected chi connectivity index (χ2v) is 3.82. The van der Waals surface area contributed by atoms with Crippen LogP contribution in [0.15, 0.2) is 10.5 Å². The third-order valence-corrected chi connectivity index (χ3v) is 2.78. The number of benzene rings is 1. The average Bonchev–Trinajstić information content (AvgIpc) is 2.18. The maximum Gasteiger partial charge on any atom is 0.417 e. The van der Waals surface area contributed by atoms with E-state index in [2.05, 4.69) is 15.9 Å². The molecule has 17 heavy (non-hydrogen) atoms. The van der Waals surface area contributed by atoms with Crippen molar-refractivity contribution in [1.29, 1.82) is 5.41 Å². The fourth-order valence-corrected chi connectivity index (χ4v) is 2.19. The molecule has 6 heteroatoms. The van der Waals surface area contributed by atoms with Gasteiger partial charge in [0.05, 0.1) is 5.56 Å². The van der Waals surface area contributed by atoms with E-state index >= 15 is 0 Å². The lowest BCUT2D eigenvalue weighted by atomic mass is 10.0. The van der Waals surface area contributed by atoms with Gasteiger partial charge in [-0.25, -0.2) is 0 Å². The van der Waals surface area contributed by atoms with Gasteiger partial charge in [-0.1, -0.05) is 13.8 Å². The number of nitrogens with two attached hydrogens (primary N) is 1. The van der Waals surface area contributed by atoms with E-state index in [9.17, 15) is 13.2 Å². The summed E-state index contributed by atoms with van der Waals surface area (Å²) in [6.45, 7) is 5.33. The van der Waals surface area contributed by atoms with Crippen molar-refractivity contribution in [1.82, 2.24) is 0 Å². The number of nitrogen functional groups attached to an aromatic ring is 1. The van der Waals surface area contributed by atoms with E-state index in [1.807, 2.05) is 13.8 Å². The fraction of sp³-hybridized carbons (Fsp3) is 0.364. The zero-order chi connectivity index (χ0) is 13.8. The van der Waals surface area contributed by atoms with Gasteiger partial charge in [-0.15, -0.1) is 0 Å². The van der Waals surface area contributed by atoms with E-state index in [0.29, 0.717) is 0 Å². The molecule has 0 radical (unpaired) electrons. The summed E-state index contributed by atoms with van der Waals surface area (Å²) in [5, 5.41) is 6.99. The fourth-order valence-electron chi connectivity index (χ4n) is 1.31. The summed E-state index contributed by atoms with van der Waals surface area (Å²) >= 11 is 2.83. The standard InChI is InChI=1S/C9H8BrF3N2.C2H6/c1-4-2-6(15)5(3-14)8(10)7(4)9(11,12)13;1-2/h2-3,14H,15H2,1H3;1-2H3. The van der Waals surface area contributed by atoms with E-state index in [-0.39, 0.29) is 21.3 Å². The molecule has 2 nitrogen and oxygen atoms in total. The van der Waals surface area contributed by atoms with Crippen LogP contribution in [-0.4, -0.2) is 6.21 Å².